The third-order valence-corrected chi connectivity index (χ3v) is 11.0. The van der Waals surface area contributed by atoms with Crippen molar-refractivity contribution in [3.8, 4) is 21.7 Å². The van der Waals surface area contributed by atoms with E-state index in [9.17, 15) is 21.6 Å². The van der Waals surface area contributed by atoms with Gasteiger partial charge in [0.2, 0.25) is 10.0 Å². The number of nitrogens with zero attached hydrogens (tertiary/aromatic N) is 4. The predicted molar refractivity (Wildman–Crippen MR) is 167 cm³/mol. The van der Waals surface area contributed by atoms with Gasteiger partial charge in [-0.05, 0) is 47.9 Å². The highest BCUT2D eigenvalue weighted by molar-refractivity contribution is 7.89. The molecule has 224 valence electrons. The summed E-state index contributed by atoms with van der Waals surface area (Å²) in [4.78, 5) is 7.97. The molecule has 0 bridgehead atoms. The van der Waals surface area contributed by atoms with Gasteiger partial charge >= 0.3 is 6.18 Å². The maximum Gasteiger partial charge on any atom is 0.416 e. The van der Waals surface area contributed by atoms with Crippen molar-refractivity contribution in [2.24, 2.45) is 0 Å². The van der Waals surface area contributed by atoms with Gasteiger partial charge in [-0.25, -0.2) is 13.4 Å². The number of alkyl halides is 3. The molecule has 4 heterocycles. The van der Waals surface area contributed by atoms with Crippen LogP contribution in [0, 0.1) is 0 Å². The highest BCUT2D eigenvalue weighted by Crippen LogP contribution is 2.35. The summed E-state index contributed by atoms with van der Waals surface area (Å²) < 4.78 is 70.9. The molecule has 0 aliphatic carbocycles. The fourth-order valence-electron chi connectivity index (χ4n) is 5.66. The van der Waals surface area contributed by atoms with Gasteiger partial charge in [0.05, 0.1) is 21.8 Å². The van der Waals surface area contributed by atoms with E-state index < -0.39 is 21.8 Å². The highest BCUT2D eigenvalue weighted by atomic mass is 32.2. The standard InChI is InChI=1S/C33H27F3N4O2S2/c34-33(35,36)26-10-6-11-27(20-26)44(41,42)39-17-15-38(16-18-39)22-28-32(23-7-2-1-3-8-23)37-31-14-13-25(21-40(28)31)30-19-24-9-4-5-12-29(24)43-30/h1-14,19-21H,15-18,22H2. The fraction of sp³-hybridized carbons (Fsp3) is 0.182. The van der Waals surface area contributed by atoms with E-state index in [0.717, 1.165) is 45.2 Å². The molecule has 1 fully saturated rings. The van der Waals surface area contributed by atoms with Gasteiger partial charge in [0, 0.05) is 59.6 Å². The number of sulfonamides is 1. The monoisotopic (exact) mass is 632 g/mol. The van der Waals surface area contributed by atoms with Crippen molar-refractivity contribution in [3.05, 3.63) is 115 Å². The Balaban J connectivity index is 1.18. The SMILES string of the molecule is O=S(=O)(c1cccc(C(F)(F)F)c1)N1CCN(Cc2c(-c3ccccc3)nc3ccc(-c4cc5ccccc5s4)cn23)CC1. The summed E-state index contributed by atoms with van der Waals surface area (Å²) in [7, 11) is -4.07. The Morgan fingerprint density at radius 1 is 0.795 bits per heavy atom. The van der Waals surface area contributed by atoms with E-state index in [1.165, 1.54) is 20.5 Å². The Morgan fingerprint density at radius 3 is 2.30 bits per heavy atom. The summed E-state index contributed by atoms with van der Waals surface area (Å²) in [5.41, 5.74) is 3.75. The smallest absolute Gasteiger partial charge is 0.301 e. The molecule has 1 saturated heterocycles. The largest absolute Gasteiger partial charge is 0.416 e. The van der Waals surface area contributed by atoms with Crippen LogP contribution in [-0.4, -0.2) is 53.2 Å². The van der Waals surface area contributed by atoms with Crippen molar-refractivity contribution in [2.45, 2.75) is 17.6 Å². The summed E-state index contributed by atoms with van der Waals surface area (Å²) in [6.07, 6.45) is -2.51. The molecule has 0 spiro atoms. The topological polar surface area (TPSA) is 57.9 Å². The average Bonchev–Trinajstić information content (AvgIpc) is 3.63. The van der Waals surface area contributed by atoms with Crippen LogP contribution in [0.4, 0.5) is 13.2 Å². The van der Waals surface area contributed by atoms with E-state index in [2.05, 4.69) is 39.8 Å². The minimum absolute atomic E-state index is 0.170. The molecule has 1 aliphatic heterocycles. The van der Waals surface area contributed by atoms with E-state index >= 15 is 0 Å². The molecule has 0 atom stereocenters. The number of aromatic nitrogens is 2. The van der Waals surface area contributed by atoms with Crippen LogP contribution in [0.15, 0.2) is 108 Å². The van der Waals surface area contributed by atoms with Crippen LogP contribution in [0.5, 0.6) is 0 Å². The van der Waals surface area contributed by atoms with Gasteiger partial charge < -0.3 is 4.40 Å². The lowest BCUT2D eigenvalue weighted by molar-refractivity contribution is -0.137. The Morgan fingerprint density at radius 2 is 1.55 bits per heavy atom. The Kier molecular flexibility index (Phi) is 7.28. The molecule has 7 rings (SSSR count). The van der Waals surface area contributed by atoms with Gasteiger partial charge in [-0.2, -0.15) is 17.5 Å². The number of fused-ring (bicyclic) bond motifs is 2. The summed E-state index contributed by atoms with van der Waals surface area (Å²) in [6.45, 7) is 1.72. The molecule has 0 radical (unpaired) electrons. The number of hydrogen-bond acceptors (Lipinski definition) is 5. The van der Waals surface area contributed by atoms with Crippen LogP contribution in [-0.2, 0) is 22.7 Å². The van der Waals surface area contributed by atoms with Crippen molar-refractivity contribution in [3.63, 3.8) is 0 Å². The Labute approximate surface area is 256 Å². The van der Waals surface area contributed by atoms with Crippen LogP contribution in [0.2, 0.25) is 0 Å². The molecular weight excluding hydrogens is 606 g/mol. The molecule has 11 heteroatoms. The molecule has 0 amide bonds. The highest BCUT2D eigenvalue weighted by Gasteiger charge is 2.34. The van der Waals surface area contributed by atoms with Gasteiger partial charge in [0.25, 0.3) is 0 Å². The van der Waals surface area contributed by atoms with Crippen molar-refractivity contribution in [1.82, 2.24) is 18.6 Å². The first-order chi connectivity index (χ1) is 21.2. The first kappa shape index (κ1) is 28.7. The molecule has 0 saturated carbocycles. The third kappa shape index (κ3) is 5.41. The third-order valence-electron chi connectivity index (χ3n) is 7.98. The zero-order valence-corrected chi connectivity index (χ0v) is 25.0. The van der Waals surface area contributed by atoms with E-state index in [0.29, 0.717) is 25.7 Å². The average molecular weight is 633 g/mol. The van der Waals surface area contributed by atoms with Crippen molar-refractivity contribution < 1.29 is 21.6 Å². The quantitative estimate of drug-likeness (QED) is 0.192. The summed E-state index contributed by atoms with van der Waals surface area (Å²) in [5.74, 6) is 0. The molecule has 6 aromatic rings. The molecular formula is C33H27F3N4O2S2. The number of halogens is 3. The molecule has 6 nitrogen and oxygen atoms in total. The molecule has 3 aromatic carbocycles. The molecule has 0 unspecified atom stereocenters. The maximum atomic E-state index is 13.3. The predicted octanol–water partition coefficient (Wildman–Crippen LogP) is 7.41. The van der Waals surface area contributed by atoms with Gasteiger partial charge in [0.1, 0.15) is 5.65 Å². The van der Waals surface area contributed by atoms with E-state index in [-0.39, 0.29) is 18.0 Å². The molecule has 1 aliphatic rings. The van der Waals surface area contributed by atoms with Crippen LogP contribution >= 0.6 is 11.3 Å². The number of imidazole rings is 1. The second kappa shape index (κ2) is 11.2. The van der Waals surface area contributed by atoms with Crippen LogP contribution in [0.1, 0.15) is 11.3 Å². The molecule has 44 heavy (non-hydrogen) atoms. The van der Waals surface area contributed by atoms with Gasteiger partial charge in [-0.1, -0.05) is 54.6 Å². The van der Waals surface area contributed by atoms with E-state index in [1.54, 1.807) is 11.3 Å². The fourth-order valence-corrected chi connectivity index (χ4v) is 8.18. The van der Waals surface area contributed by atoms with Crippen molar-refractivity contribution in [2.75, 3.05) is 26.2 Å². The summed E-state index contributed by atoms with van der Waals surface area (Å²) in [5, 5.41) is 1.20. The van der Waals surface area contributed by atoms with E-state index in [1.807, 2.05) is 48.5 Å². The minimum atomic E-state index is -4.62. The number of benzene rings is 3. The van der Waals surface area contributed by atoms with Crippen molar-refractivity contribution >= 4 is 37.1 Å². The second-order valence-electron chi connectivity index (χ2n) is 10.8. The van der Waals surface area contributed by atoms with Gasteiger partial charge in [0.15, 0.2) is 0 Å². The zero-order chi connectivity index (χ0) is 30.5. The van der Waals surface area contributed by atoms with Crippen LogP contribution in [0.3, 0.4) is 0 Å². The number of piperazine rings is 1. The lowest BCUT2D eigenvalue weighted by Crippen LogP contribution is -2.48. The van der Waals surface area contributed by atoms with Crippen molar-refractivity contribution in [1.29, 1.82) is 0 Å². The summed E-state index contributed by atoms with van der Waals surface area (Å²) >= 11 is 1.74. The minimum Gasteiger partial charge on any atom is -0.301 e. The zero-order valence-electron chi connectivity index (χ0n) is 23.4. The lowest BCUT2D eigenvalue weighted by Gasteiger charge is -2.34. The lowest BCUT2D eigenvalue weighted by atomic mass is 10.1. The number of thiophene rings is 1. The first-order valence-corrected chi connectivity index (χ1v) is 16.4. The first-order valence-electron chi connectivity index (χ1n) is 14.1. The van der Waals surface area contributed by atoms with Gasteiger partial charge in [-0.15, -0.1) is 11.3 Å². The molecule has 0 N–H and O–H groups in total. The maximum absolute atomic E-state index is 13.3. The second-order valence-corrected chi connectivity index (χ2v) is 13.8. The molecule has 3 aromatic heterocycles. The van der Waals surface area contributed by atoms with Crippen LogP contribution in [0.25, 0.3) is 37.4 Å². The Bertz CT molecular complexity index is 2050. The number of pyridine rings is 1. The van der Waals surface area contributed by atoms with E-state index in [4.69, 9.17) is 4.98 Å². The number of hydrogen-bond donors (Lipinski definition) is 0. The normalized spacial score (nSPS) is 15.3. The van der Waals surface area contributed by atoms with Gasteiger partial charge in [-0.3, -0.25) is 4.90 Å². The van der Waals surface area contributed by atoms with Crippen LogP contribution < -0.4 is 0 Å². The summed E-state index contributed by atoms with van der Waals surface area (Å²) in [6, 6.07) is 28.5. The number of rotatable bonds is 6. The Hall–Kier alpha value is -4.03.